The molecule has 3 aromatic rings. The Morgan fingerprint density at radius 1 is 1.12 bits per heavy atom. The Labute approximate surface area is 197 Å². The highest BCUT2D eigenvalue weighted by atomic mass is 35.5. The van der Waals surface area contributed by atoms with Crippen molar-refractivity contribution in [1.82, 2.24) is 9.71 Å². The van der Waals surface area contributed by atoms with Gasteiger partial charge in [0, 0.05) is 11.1 Å². The van der Waals surface area contributed by atoms with Crippen LogP contribution in [-0.2, 0) is 10.0 Å². The number of benzene rings is 1. The van der Waals surface area contributed by atoms with E-state index in [0.717, 1.165) is 5.56 Å². The van der Waals surface area contributed by atoms with Crippen molar-refractivity contribution in [2.24, 2.45) is 0 Å². The predicted octanol–water partition coefficient (Wildman–Crippen LogP) is 5.36. The fourth-order valence-electron chi connectivity index (χ4n) is 3.36. The van der Waals surface area contributed by atoms with Gasteiger partial charge in [0.05, 0.1) is 22.7 Å². The van der Waals surface area contributed by atoms with Crippen LogP contribution in [0.25, 0.3) is 11.0 Å². The van der Waals surface area contributed by atoms with Crippen LogP contribution in [0.2, 0.25) is 10.4 Å². The molecule has 0 saturated heterocycles. The number of hydrogen-bond donors (Lipinski definition) is 2. The lowest BCUT2D eigenvalue weighted by Gasteiger charge is -2.23. The summed E-state index contributed by atoms with van der Waals surface area (Å²) >= 11 is 12.1. The van der Waals surface area contributed by atoms with E-state index in [9.17, 15) is 13.2 Å². The summed E-state index contributed by atoms with van der Waals surface area (Å²) in [5.41, 5.74) is 1.52. The number of rotatable bonds is 5. The SMILES string of the molecule is Cc1cc(C(C)Nc2ccc(Cl)nc2S(=O)(=O)NC(C)(C)C)c2oc(Cl)c(C)c(=O)c2c1. The molecule has 0 amide bonds. The topological polar surface area (TPSA) is 101 Å². The van der Waals surface area contributed by atoms with Crippen molar-refractivity contribution in [1.29, 1.82) is 0 Å². The van der Waals surface area contributed by atoms with Gasteiger partial charge >= 0.3 is 0 Å². The zero-order chi connectivity index (χ0) is 24.0. The van der Waals surface area contributed by atoms with Gasteiger partial charge in [-0.2, -0.15) is 0 Å². The summed E-state index contributed by atoms with van der Waals surface area (Å²) in [6, 6.07) is 6.20. The Kier molecular flexibility index (Phi) is 6.64. The predicted molar refractivity (Wildman–Crippen MR) is 128 cm³/mol. The van der Waals surface area contributed by atoms with E-state index in [1.54, 1.807) is 39.8 Å². The Hall–Kier alpha value is -2.13. The molecule has 0 radical (unpaired) electrons. The van der Waals surface area contributed by atoms with E-state index < -0.39 is 21.6 Å². The lowest BCUT2D eigenvalue weighted by atomic mass is 10.0. The van der Waals surface area contributed by atoms with Gasteiger partial charge in [0.2, 0.25) is 5.22 Å². The van der Waals surface area contributed by atoms with Crippen molar-refractivity contribution >= 4 is 49.9 Å². The Balaban J connectivity index is 2.12. The number of sulfonamides is 1. The van der Waals surface area contributed by atoms with E-state index in [1.807, 2.05) is 19.9 Å². The van der Waals surface area contributed by atoms with Crippen molar-refractivity contribution in [3.05, 3.63) is 61.6 Å². The van der Waals surface area contributed by atoms with Crippen LogP contribution in [0, 0.1) is 13.8 Å². The van der Waals surface area contributed by atoms with Crippen molar-refractivity contribution in [3.8, 4) is 0 Å². The van der Waals surface area contributed by atoms with Crippen LogP contribution in [0.3, 0.4) is 0 Å². The van der Waals surface area contributed by atoms with Crippen LogP contribution in [0.15, 0.2) is 38.5 Å². The van der Waals surface area contributed by atoms with Gasteiger partial charge in [0.25, 0.3) is 10.0 Å². The van der Waals surface area contributed by atoms with Crippen LogP contribution in [0.5, 0.6) is 0 Å². The van der Waals surface area contributed by atoms with Gasteiger partial charge in [-0.05, 0) is 76.9 Å². The monoisotopic (exact) mass is 497 g/mol. The Bertz CT molecular complexity index is 1360. The average molecular weight is 498 g/mol. The molecule has 2 heterocycles. The third-order valence-corrected chi connectivity index (χ3v) is 6.97. The number of aromatic nitrogens is 1. The molecule has 0 aliphatic carbocycles. The first kappa shape index (κ1) is 24.5. The largest absolute Gasteiger partial charge is 0.444 e. The van der Waals surface area contributed by atoms with E-state index in [4.69, 9.17) is 27.6 Å². The minimum atomic E-state index is -3.97. The standard InChI is InChI=1S/C22H25Cl2N3O4S/c1-11-9-14(19-15(10-11)18(28)12(2)20(24)31-19)13(3)25-16-7-8-17(23)26-21(16)32(29,30)27-22(4,5)6/h7-10,13,25,27H,1-6H3. The molecule has 0 aliphatic heterocycles. The van der Waals surface area contributed by atoms with E-state index in [-0.39, 0.29) is 26.5 Å². The van der Waals surface area contributed by atoms with Crippen molar-refractivity contribution in [3.63, 3.8) is 0 Å². The second-order valence-corrected chi connectivity index (χ2v) is 11.1. The number of anilines is 1. The van der Waals surface area contributed by atoms with Gasteiger partial charge < -0.3 is 9.73 Å². The van der Waals surface area contributed by atoms with Gasteiger partial charge in [-0.1, -0.05) is 17.7 Å². The maximum absolute atomic E-state index is 13.0. The summed E-state index contributed by atoms with van der Waals surface area (Å²) in [5, 5.41) is 3.43. The molecule has 1 unspecified atom stereocenters. The maximum atomic E-state index is 13.0. The van der Waals surface area contributed by atoms with E-state index in [0.29, 0.717) is 22.1 Å². The van der Waals surface area contributed by atoms with Crippen molar-refractivity contribution in [2.45, 2.75) is 58.1 Å². The minimum Gasteiger partial charge on any atom is -0.444 e. The molecule has 2 N–H and O–H groups in total. The molecule has 0 fully saturated rings. The second-order valence-electron chi connectivity index (χ2n) is 8.77. The molecule has 2 aromatic heterocycles. The molecular weight excluding hydrogens is 473 g/mol. The third-order valence-electron chi connectivity index (χ3n) is 4.69. The fraction of sp³-hybridized carbons (Fsp3) is 0.364. The van der Waals surface area contributed by atoms with Crippen LogP contribution in [0.1, 0.15) is 50.4 Å². The van der Waals surface area contributed by atoms with E-state index >= 15 is 0 Å². The molecule has 0 aliphatic rings. The van der Waals surface area contributed by atoms with Crippen molar-refractivity contribution < 1.29 is 12.8 Å². The minimum absolute atomic E-state index is 0.0191. The fourth-order valence-corrected chi connectivity index (χ4v) is 5.26. The summed E-state index contributed by atoms with van der Waals surface area (Å²) in [4.78, 5) is 16.8. The number of nitrogens with one attached hydrogen (secondary N) is 2. The third kappa shape index (κ3) is 5.09. The number of hydrogen-bond acceptors (Lipinski definition) is 6. The van der Waals surface area contributed by atoms with Gasteiger partial charge in [-0.3, -0.25) is 4.79 Å². The maximum Gasteiger partial charge on any atom is 0.260 e. The van der Waals surface area contributed by atoms with Gasteiger partial charge in [-0.25, -0.2) is 18.1 Å². The smallest absolute Gasteiger partial charge is 0.260 e. The molecular formula is C22H25Cl2N3O4S. The highest BCUT2D eigenvalue weighted by Crippen LogP contribution is 2.32. The molecule has 7 nitrogen and oxygen atoms in total. The molecule has 0 spiro atoms. The summed E-state index contributed by atoms with van der Waals surface area (Å²) in [7, 11) is -3.97. The molecule has 0 saturated carbocycles. The number of nitrogens with zero attached hydrogens (tertiary/aromatic N) is 1. The number of pyridine rings is 1. The lowest BCUT2D eigenvalue weighted by Crippen LogP contribution is -2.41. The Morgan fingerprint density at radius 2 is 1.78 bits per heavy atom. The summed E-state index contributed by atoms with van der Waals surface area (Å²) in [6.07, 6.45) is 0. The molecule has 1 aromatic carbocycles. The van der Waals surface area contributed by atoms with E-state index in [1.165, 1.54) is 6.07 Å². The normalized spacial score (nSPS) is 13.4. The van der Waals surface area contributed by atoms with Crippen molar-refractivity contribution in [2.75, 3.05) is 5.32 Å². The van der Waals surface area contributed by atoms with Crippen LogP contribution < -0.4 is 15.5 Å². The van der Waals surface area contributed by atoms with Crippen LogP contribution in [0.4, 0.5) is 5.69 Å². The molecule has 0 bridgehead atoms. The molecule has 32 heavy (non-hydrogen) atoms. The van der Waals surface area contributed by atoms with Gasteiger partial charge in [0.15, 0.2) is 10.5 Å². The summed E-state index contributed by atoms with van der Waals surface area (Å²) < 4.78 is 34.3. The second kappa shape index (κ2) is 8.67. The highest BCUT2D eigenvalue weighted by molar-refractivity contribution is 7.89. The zero-order valence-corrected chi connectivity index (χ0v) is 21.0. The Morgan fingerprint density at radius 3 is 2.41 bits per heavy atom. The molecule has 1 atom stereocenters. The lowest BCUT2D eigenvalue weighted by molar-refractivity contribution is 0.490. The first-order valence-corrected chi connectivity index (χ1v) is 12.1. The molecule has 3 rings (SSSR count). The van der Waals surface area contributed by atoms with Gasteiger partial charge in [-0.15, -0.1) is 0 Å². The average Bonchev–Trinajstić information content (AvgIpc) is 2.66. The quantitative estimate of drug-likeness (QED) is 0.459. The number of aryl methyl sites for hydroxylation is 1. The summed E-state index contributed by atoms with van der Waals surface area (Å²) in [6.45, 7) is 10.5. The van der Waals surface area contributed by atoms with Crippen LogP contribution >= 0.6 is 23.2 Å². The zero-order valence-electron chi connectivity index (χ0n) is 18.6. The van der Waals surface area contributed by atoms with Gasteiger partial charge in [0.1, 0.15) is 10.7 Å². The summed E-state index contributed by atoms with van der Waals surface area (Å²) in [5.74, 6) is 0. The highest BCUT2D eigenvalue weighted by Gasteiger charge is 2.27. The first-order valence-electron chi connectivity index (χ1n) is 9.90. The number of fused-ring (bicyclic) bond motifs is 1. The molecule has 172 valence electrons. The van der Waals surface area contributed by atoms with Crippen LogP contribution in [-0.4, -0.2) is 18.9 Å². The van der Waals surface area contributed by atoms with E-state index in [2.05, 4.69) is 15.0 Å². The molecule has 10 heteroatoms. The number of halogens is 2. The first-order chi connectivity index (χ1) is 14.7.